The summed E-state index contributed by atoms with van der Waals surface area (Å²) in [4.78, 5) is 14.3. The van der Waals surface area contributed by atoms with Gasteiger partial charge in [-0.1, -0.05) is 0 Å². The third-order valence-corrected chi connectivity index (χ3v) is 3.45. The molecule has 17 heavy (non-hydrogen) atoms. The molecular formula is C12H24N2O3. The topological polar surface area (TPSA) is 75.8 Å². The van der Waals surface area contributed by atoms with Crippen molar-refractivity contribution in [3.8, 4) is 0 Å². The Balaban J connectivity index is 2.76. The zero-order valence-corrected chi connectivity index (χ0v) is 11.0. The van der Waals surface area contributed by atoms with Crippen LogP contribution in [0.25, 0.3) is 0 Å². The summed E-state index contributed by atoms with van der Waals surface area (Å²) < 4.78 is 5.31. The number of nitrogens with zero attached hydrogens (tertiary/aromatic N) is 1. The van der Waals surface area contributed by atoms with Crippen molar-refractivity contribution in [1.82, 2.24) is 4.90 Å². The highest BCUT2D eigenvalue weighted by molar-refractivity contribution is 5.84. The maximum absolute atomic E-state index is 12.5. The third kappa shape index (κ3) is 2.97. The van der Waals surface area contributed by atoms with Gasteiger partial charge >= 0.3 is 0 Å². The second kappa shape index (κ2) is 5.80. The molecule has 1 aliphatic rings. The lowest BCUT2D eigenvalue weighted by molar-refractivity contribution is -0.143. The standard InChI is InChI=1S/C12H24N2O3/c1-9(2)14(5-4-6-15)11(16)12(3)8-17-7-10(12)13/h9-10,15H,4-8,13H2,1-3H3. The van der Waals surface area contributed by atoms with Crippen molar-refractivity contribution in [2.45, 2.75) is 39.3 Å². The molecule has 0 bridgehead atoms. The van der Waals surface area contributed by atoms with Crippen LogP contribution in [0.3, 0.4) is 0 Å². The Labute approximate surface area is 103 Å². The van der Waals surface area contributed by atoms with E-state index in [9.17, 15) is 4.79 Å². The number of carbonyl (C=O) groups excluding carboxylic acids is 1. The average molecular weight is 244 g/mol. The molecule has 3 N–H and O–H groups in total. The van der Waals surface area contributed by atoms with Crippen LogP contribution in [0, 0.1) is 5.41 Å². The minimum absolute atomic E-state index is 0.0333. The van der Waals surface area contributed by atoms with Gasteiger partial charge in [0.05, 0.1) is 18.6 Å². The molecule has 0 aliphatic carbocycles. The predicted molar refractivity (Wildman–Crippen MR) is 65.5 cm³/mol. The van der Waals surface area contributed by atoms with Crippen molar-refractivity contribution in [1.29, 1.82) is 0 Å². The lowest BCUT2D eigenvalue weighted by atomic mass is 9.84. The third-order valence-electron chi connectivity index (χ3n) is 3.45. The molecule has 0 aromatic rings. The number of aliphatic hydroxyl groups is 1. The van der Waals surface area contributed by atoms with Gasteiger partial charge in [-0.05, 0) is 27.2 Å². The van der Waals surface area contributed by atoms with Crippen LogP contribution in [-0.4, -0.2) is 54.4 Å². The number of ether oxygens (including phenoxy) is 1. The Morgan fingerprint density at radius 1 is 1.65 bits per heavy atom. The summed E-state index contributed by atoms with van der Waals surface area (Å²) in [5.41, 5.74) is 5.33. The van der Waals surface area contributed by atoms with E-state index in [1.54, 1.807) is 4.90 Å². The summed E-state index contributed by atoms with van der Waals surface area (Å²) in [6.07, 6.45) is 0.593. The average Bonchev–Trinajstić information content (AvgIpc) is 2.60. The second-order valence-electron chi connectivity index (χ2n) is 5.21. The normalized spacial score (nSPS) is 28.7. The summed E-state index contributed by atoms with van der Waals surface area (Å²) in [7, 11) is 0. The van der Waals surface area contributed by atoms with E-state index >= 15 is 0 Å². The monoisotopic (exact) mass is 244 g/mol. The molecule has 5 nitrogen and oxygen atoms in total. The van der Waals surface area contributed by atoms with Crippen molar-refractivity contribution >= 4 is 5.91 Å². The zero-order chi connectivity index (χ0) is 13.1. The summed E-state index contributed by atoms with van der Waals surface area (Å²) in [5, 5.41) is 8.87. The minimum Gasteiger partial charge on any atom is -0.396 e. The van der Waals surface area contributed by atoms with Gasteiger partial charge in [-0.15, -0.1) is 0 Å². The lowest BCUT2D eigenvalue weighted by Crippen LogP contribution is -2.53. The highest BCUT2D eigenvalue weighted by Crippen LogP contribution is 2.30. The molecule has 1 saturated heterocycles. The fourth-order valence-electron chi connectivity index (χ4n) is 2.07. The molecule has 0 aromatic heterocycles. The first-order valence-electron chi connectivity index (χ1n) is 6.18. The highest BCUT2D eigenvalue weighted by Gasteiger charge is 2.46. The lowest BCUT2D eigenvalue weighted by Gasteiger charge is -2.35. The molecule has 2 unspecified atom stereocenters. The van der Waals surface area contributed by atoms with Crippen LogP contribution in [0.1, 0.15) is 27.2 Å². The number of nitrogens with two attached hydrogens (primary N) is 1. The molecule has 1 rings (SSSR count). The first-order chi connectivity index (χ1) is 7.93. The number of amides is 1. The van der Waals surface area contributed by atoms with Crippen molar-refractivity contribution in [2.24, 2.45) is 11.1 Å². The van der Waals surface area contributed by atoms with Gasteiger partial charge in [0.1, 0.15) is 0 Å². The zero-order valence-electron chi connectivity index (χ0n) is 11.0. The predicted octanol–water partition coefficient (Wildman–Crippen LogP) is -0.0304. The van der Waals surface area contributed by atoms with Crippen LogP contribution in [0.4, 0.5) is 0 Å². The minimum atomic E-state index is -0.625. The van der Waals surface area contributed by atoms with Gasteiger partial charge in [0, 0.05) is 25.2 Å². The van der Waals surface area contributed by atoms with Gasteiger partial charge in [-0.25, -0.2) is 0 Å². The second-order valence-corrected chi connectivity index (χ2v) is 5.21. The highest BCUT2D eigenvalue weighted by atomic mass is 16.5. The SMILES string of the molecule is CC(C)N(CCCO)C(=O)C1(C)COCC1N. The molecule has 0 radical (unpaired) electrons. The molecule has 1 heterocycles. The number of aliphatic hydroxyl groups excluding tert-OH is 1. The number of hydrogen-bond acceptors (Lipinski definition) is 4. The maximum atomic E-state index is 12.5. The van der Waals surface area contributed by atoms with Crippen LogP contribution in [-0.2, 0) is 9.53 Å². The van der Waals surface area contributed by atoms with Crippen LogP contribution in [0.15, 0.2) is 0 Å². The smallest absolute Gasteiger partial charge is 0.232 e. The van der Waals surface area contributed by atoms with E-state index in [2.05, 4.69) is 0 Å². The van der Waals surface area contributed by atoms with Crippen molar-refractivity contribution < 1.29 is 14.6 Å². The molecule has 100 valence electrons. The fourth-order valence-corrected chi connectivity index (χ4v) is 2.07. The van der Waals surface area contributed by atoms with E-state index < -0.39 is 5.41 Å². The summed E-state index contributed by atoms with van der Waals surface area (Å²) >= 11 is 0. The Morgan fingerprint density at radius 3 is 2.71 bits per heavy atom. The van der Waals surface area contributed by atoms with Gasteiger partial charge in [-0.2, -0.15) is 0 Å². The van der Waals surface area contributed by atoms with E-state index in [4.69, 9.17) is 15.6 Å². The Hall–Kier alpha value is -0.650. The number of carbonyl (C=O) groups is 1. The molecule has 0 saturated carbocycles. The van der Waals surface area contributed by atoms with Crippen molar-refractivity contribution in [3.05, 3.63) is 0 Å². The van der Waals surface area contributed by atoms with Crippen LogP contribution < -0.4 is 5.73 Å². The van der Waals surface area contributed by atoms with E-state index in [1.165, 1.54) is 0 Å². The Morgan fingerprint density at radius 2 is 2.29 bits per heavy atom. The largest absolute Gasteiger partial charge is 0.396 e. The van der Waals surface area contributed by atoms with Crippen LogP contribution >= 0.6 is 0 Å². The van der Waals surface area contributed by atoms with E-state index in [0.717, 1.165) is 0 Å². The molecule has 1 amide bonds. The van der Waals surface area contributed by atoms with E-state index in [1.807, 2.05) is 20.8 Å². The van der Waals surface area contributed by atoms with Crippen LogP contribution in [0.5, 0.6) is 0 Å². The molecule has 0 spiro atoms. The van der Waals surface area contributed by atoms with Gasteiger partial charge < -0.3 is 20.5 Å². The Kier molecular flexibility index (Phi) is 4.91. The van der Waals surface area contributed by atoms with Gasteiger partial charge in [0.15, 0.2) is 0 Å². The maximum Gasteiger partial charge on any atom is 0.232 e. The molecular weight excluding hydrogens is 220 g/mol. The first kappa shape index (κ1) is 14.4. The first-order valence-corrected chi connectivity index (χ1v) is 6.18. The number of rotatable bonds is 5. The van der Waals surface area contributed by atoms with Gasteiger partial charge in [-0.3, -0.25) is 4.79 Å². The fraction of sp³-hybridized carbons (Fsp3) is 0.917. The van der Waals surface area contributed by atoms with Crippen molar-refractivity contribution in [3.63, 3.8) is 0 Å². The Bertz CT molecular complexity index is 270. The summed E-state index contributed by atoms with van der Waals surface area (Å²) in [6, 6.07) is -0.135. The molecule has 0 aromatic carbocycles. The molecule has 1 aliphatic heterocycles. The molecule has 2 atom stereocenters. The molecule has 1 fully saturated rings. The van der Waals surface area contributed by atoms with Crippen LogP contribution in [0.2, 0.25) is 0 Å². The van der Waals surface area contributed by atoms with E-state index in [-0.39, 0.29) is 24.6 Å². The quantitative estimate of drug-likeness (QED) is 0.712. The van der Waals surface area contributed by atoms with E-state index in [0.29, 0.717) is 26.2 Å². The summed E-state index contributed by atoms with van der Waals surface area (Å²) in [6.45, 7) is 7.29. The van der Waals surface area contributed by atoms with Crippen molar-refractivity contribution in [2.75, 3.05) is 26.4 Å². The van der Waals surface area contributed by atoms with Gasteiger partial charge in [0.2, 0.25) is 5.91 Å². The van der Waals surface area contributed by atoms with Gasteiger partial charge in [0.25, 0.3) is 0 Å². The molecule has 5 heteroatoms. The summed E-state index contributed by atoms with van der Waals surface area (Å²) in [5.74, 6) is 0.0333. The number of hydrogen-bond donors (Lipinski definition) is 2.